The summed E-state index contributed by atoms with van der Waals surface area (Å²) in [6.07, 6.45) is 3.58. The van der Waals surface area contributed by atoms with Crippen LogP contribution < -0.4 is 0 Å². The number of ether oxygens (including phenoxy) is 1. The SMILES string of the molecule is Cc1ccc(CN2C[C@@H]3CN(C(=O)c4cnn(C)c4)CCO[C@@H]3C2)o1. The van der Waals surface area contributed by atoms with Crippen LogP contribution in [0.3, 0.4) is 0 Å². The number of fused-ring (bicyclic) bond motifs is 1. The van der Waals surface area contributed by atoms with Gasteiger partial charge in [-0.25, -0.2) is 0 Å². The van der Waals surface area contributed by atoms with Gasteiger partial charge in [0.05, 0.1) is 31.0 Å². The summed E-state index contributed by atoms with van der Waals surface area (Å²) in [5, 5.41) is 4.10. The van der Waals surface area contributed by atoms with E-state index in [1.54, 1.807) is 17.1 Å². The molecular weight excluding hydrogens is 320 g/mol. The molecule has 0 aromatic carbocycles. The van der Waals surface area contributed by atoms with E-state index in [0.717, 1.165) is 37.7 Å². The smallest absolute Gasteiger partial charge is 0.257 e. The van der Waals surface area contributed by atoms with Crippen molar-refractivity contribution in [2.75, 3.05) is 32.8 Å². The molecule has 0 bridgehead atoms. The lowest BCUT2D eigenvalue weighted by atomic mass is 10.1. The monoisotopic (exact) mass is 344 g/mol. The molecule has 0 N–H and O–H groups in total. The number of carbonyl (C=O) groups excluding carboxylic acids is 1. The number of nitrogens with zero attached hydrogens (tertiary/aromatic N) is 4. The molecule has 2 saturated heterocycles. The molecule has 2 aliphatic rings. The van der Waals surface area contributed by atoms with Gasteiger partial charge in [-0.3, -0.25) is 14.4 Å². The number of hydrogen-bond donors (Lipinski definition) is 0. The quantitative estimate of drug-likeness (QED) is 0.840. The summed E-state index contributed by atoms with van der Waals surface area (Å²) in [5.74, 6) is 2.29. The minimum atomic E-state index is 0.0393. The van der Waals surface area contributed by atoms with Crippen LogP contribution in [0.4, 0.5) is 0 Å². The molecule has 1 amide bonds. The van der Waals surface area contributed by atoms with Gasteiger partial charge >= 0.3 is 0 Å². The zero-order chi connectivity index (χ0) is 17.4. The standard InChI is InChI=1S/C18H24N4O3/c1-13-3-4-16(25-13)11-21-9-15-10-22(5-6-24-17(15)12-21)18(23)14-7-19-20(2)8-14/h3-4,7-8,15,17H,5-6,9-12H2,1-2H3/t15-,17-/m1/s1. The fourth-order valence-electron chi connectivity index (χ4n) is 3.80. The zero-order valence-corrected chi connectivity index (χ0v) is 14.7. The molecule has 4 heterocycles. The molecule has 0 saturated carbocycles. The predicted molar refractivity (Wildman–Crippen MR) is 91.1 cm³/mol. The first-order chi connectivity index (χ1) is 12.1. The van der Waals surface area contributed by atoms with Crippen LogP contribution in [0.5, 0.6) is 0 Å². The lowest BCUT2D eigenvalue weighted by Crippen LogP contribution is -2.37. The Morgan fingerprint density at radius 2 is 2.20 bits per heavy atom. The highest BCUT2D eigenvalue weighted by Gasteiger charge is 2.38. The van der Waals surface area contributed by atoms with Crippen molar-refractivity contribution in [1.82, 2.24) is 19.6 Å². The first-order valence-corrected chi connectivity index (χ1v) is 8.75. The van der Waals surface area contributed by atoms with Crippen molar-refractivity contribution in [2.24, 2.45) is 13.0 Å². The Kier molecular flexibility index (Phi) is 4.35. The Hall–Kier alpha value is -2.12. The number of aromatic nitrogens is 2. The highest BCUT2D eigenvalue weighted by molar-refractivity contribution is 5.93. The van der Waals surface area contributed by atoms with Crippen LogP contribution in [0.2, 0.25) is 0 Å². The summed E-state index contributed by atoms with van der Waals surface area (Å²) in [7, 11) is 1.82. The van der Waals surface area contributed by atoms with Gasteiger partial charge in [0.25, 0.3) is 5.91 Å². The van der Waals surface area contributed by atoms with Crippen molar-refractivity contribution in [2.45, 2.75) is 19.6 Å². The summed E-state index contributed by atoms with van der Waals surface area (Å²) in [4.78, 5) is 17.0. The Morgan fingerprint density at radius 1 is 1.32 bits per heavy atom. The Bertz CT molecular complexity index is 753. The van der Waals surface area contributed by atoms with E-state index in [0.29, 0.717) is 24.6 Å². The van der Waals surface area contributed by atoms with E-state index in [4.69, 9.17) is 9.15 Å². The van der Waals surface area contributed by atoms with Crippen LogP contribution in [0.1, 0.15) is 21.9 Å². The number of amides is 1. The molecule has 0 spiro atoms. The molecule has 134 valence electrons. The van der Waals surface area contributed by atoms with E-state index in [-0.39, 0.29) is 12.0 Å². The molecule has 2 atom stereocenters. The molecule has 0 radical (unpaired) electrons. The van der Waals surface area contributed by atoms with Crippen LogP contribution in [0, 0.1) is 12.8 Å². The van der Waals surface area contributed by atoms with Gasteiger partial charge in [-0.05, 0) is 19.1 Å². The summed E-state index contributed by atoms with van der Waals surface area (Å²) in [6.45, 7) is 6.51. The van der Waals surface area contributed by atoms with Crippen LogP contribution in [-0.4, -0.2) is 64.4 Å². The van der Waals surface area contributed by atoms with E-state index in [1.165, 1.54) is 0 Å². The fourth-order valence-corrected chi connectivity index (χ4v) is 3.80. The van der Waals surface area contributed by atoms with Crippen LogP contribution >= 0.6 is 0 Å². The number of aryl methyl sites for hydroxylation is 2. The summed E-state index contributed by atoms with van der Waals surface area (Å²) < 4.78 is 13.4. The molecule has 2 aromatic heterocycles. The maximum atomic E-state index is 12.7. The van der Waals surface area contributed by atoms with E-state index in [9.17, 15) is 4.79 Å². The molecular formula is C18H24N4O3. The average Bonchev–Trinajstić information content (AvgIpc) is 3.25. The summed E-state index contributed by atoms with van der Waals surface area (Å²) in [6, 6.07) is 4.02. The van der Waals surface area contributed by atoms with Crippen LogP contribution in [0.25, 0.3) is 0 Å². The summed E-state index contributed by atoms with van der Waals surface area (Å²) >= 11 is 0. The van der Waals surface area contributed by atoms with Gasteiger partial charge in [-0.15, -0.1) is 0 Å². The molecule has 7 nitrogen and oxygen atoms in total. The zero-order valence-electron chi connectivity index (χ0n) is 14.7. The minimum Gasteiger partial charge on any atom is -0.465 e. The highest BCUT2D eigenvalue weighted by Crippen LogP contribution is 2.26. The Balaban J connectivity index is 1.41. The molecule has 2 fully saturated rings. The Labute approximate surface area is 147 Å². The van der Waals surface area contributed by atoms with E-state index >= 15 is 0 Å². The minimum absolute atomic E-state index is 0.0393. The molecule has 25 heavy (non-hydrogen) atoms. The van der Waals surface area contributed by atoms with E-state index in [2.05, 4.69) is 10.00 Å². The average molecular weight is 344 g/mol. The number of hydrogen-bond acceptors (Lipinski definition) is 5. The first-order valence-electron chi connectivity index (χ1n) is 8.75. The summed E-state index contributed by atoms with van der Waals surface area (Å²) in [5.41, 5.74) is 0.641. The second-order valence-electron chi connectivity index (χ2n) is 7.03. The van der Waals surface area contributed by atoms with E-state index in [1.807, 2.05) is 31.0 Å². The van der Waals surface area contributed by atoms with Gasteiger partial charge in [-0.1, -0.05) is 0 Å². The normalized spacial score (nSPS) is 24.3. The van der Waals surface area contributed by atoms with Gasteiger partial charge in [-0.2, -0.15) is 5.10 Å². The van der Waals surface area contributed by atoms with Crippen molar-refractivity contribution in [3.8, 4) is 0 Å². The third-order valence-electron chi connectivity index (χ3n) is 5.02. The topological polar surface area (TPSA) is 63.7 Å². The second kappa shape index (κ2) is 6.65. The van der Waals surface area contributed by atoms with E-state index < -0.39 is 0 Å². The lowest BCUT2D eigenvalue weighted by Gasteiger charge is -2.23. The second-order valence-corrected chi connectivity index (χ2v) is 7.03. The van der Waals surface area contributed by atoms with Crippen LogP contribution in [-0.2, 0) is 18.3 Å². The van der Waals surface area contributed by atoms with Crippen LogP contribution in [0.15, 0.2) is 28.9 Å². The fraction of sp³-hybridized carbons (Fsp3) is 0.556. The predicted octanol–water partition coefficient (Wildman–Crippen LogP) is 1.29. The maximum Gasteiger partial charge on any atom is 0.257 e. The highest BCUT2D eigenvalue weighted by atomic mass is 16.5. The number of likely N-dealkylation sites (tertiary alicyclic amines) is 1. The largest absolute Gasteiger partial charge is 0.465 e. The lowest BCUT2D eigenvalue weighted by molar-refractivity contribution is 0.0497. The van der Waals surface area contributed by atoms with Gasteiger partial charge in [0.15, 0.2) is 0 Å². The van der Waals surface area contributed by atoms with Crippen molar-refractivity contribution >= 4 is 5.91 Å². The molecule has 7 heteroatoms. The third-order valence-corrected chi connectivity index (χ3v) is 5.02. The molecule has 4 rings (SSSR count). The van der Waals surface area contributed by atoms with Gasteiger partial charge < -0.3 is 14.1 Å². The molecule has 2 aromatic rings. The van der Waals surface area contributed by atoms with Crippen molar-refractivity contribution < 1.29 is 13.9 Å². The maximum absolute atomic E-state index is 12.7. The van der Waals surface area contributed by atoms with Gasteiger partial charge in [0, 0.05) is 45.3 Å². The number of rotatable bonds is 3. The van der Waals surface area contributed by atoms with Crippen molar-refractivity contribution in [1.29, 1.82) is 0 Å². The molecule has 2 aliphatic heterocycles. The first kappa shape index (κ1) is 16.4. The van der Waals surface area contributed by atoms with Crippen molar-refractivity contribution in [3.63, 3.8) is 0 Å². The molecule has 0 aliphatic carbocycles. The third kappa shape index (κ3) is 3.48. The van der Waals surface area contributed by atoms with Gasteiger partial charge in [0.2, 0.25) is 0 Å². The Morgan fingerprint density at radius 3 is 2.92 bits per heavy atom. The van der Waals surface area contributed by atoms with Gasteiger partial charge in [0.1, 0.15) is 11.5 Å². The molecule has 0 unspecified atom stereocenters. The number of carbonyl (C=O) groups is 1. The number of furan rings is 1. The van der Waals surface area contributed by atoms with Crippen molar-refractivity contribution in [3.05, 3.63) is 41.6 Å².